The molecule has 1 aromatic heterocycles. The molecule has 0 aliphatic heterocycles. The van der Waals surface area contributed by atoms with Gasteiger partial charge in [0.1, 0.15) is 0 Å². The Morgan fingerprint density at radius 3 is 1.59 bits per heavy atom. The smallest absolute Gasteiger partial charge is 0.291 e. The van der Waals surface area contributed by atoms with E-state index in [0.717, 1.165) is 65.3 Å². The Labute approximate surface area is 245 Å². The predicted octanol–water partition coefficient (Wildman–Crippen LogP) is 8.48. The van der Waals surface area contributed by atoms with E-state index >= 15 is 0 Å². The highest BCUT2D eigenvalue weighted by atomic mass is 31.1. The number of aromatic nitrogens is 2. The van der Waals surface area contributed by atoms with Gasteiger partial charge in [0.05, 0.1) is 17.1 Å². The van der Waals surface area contributed by atoms with Gasteiger partial charge in [-0.05, 0) is 42.7 Å². The maximum Gasteiger partial charge on any atom is 0.692 e. The van der Waals surface area contributed by atoms with Crippen LogP contribution in [0.15, 0.2) is 95.8 Å². The van der Waals surface area contributed by atoms with Crippen LogP contribution in [0.25, 0.3) is 28.2 Å². The van der Waals surface area contributed by atoms with E-state index in [-0.39, 0.29) is 5.69 Å². The van der Waals surface area contributed by atoms with Crippen molar-refractivity contribution < 1.29 is 14.4 Å². The Balaban J connectivity index is 0.00000108. The lowest BCUT2D eigenvalue weighted by atomic mass is 9.82. The molecule has 2 N–H and O–H groups in total. The molecule has 6 nitrogen and oxygen atoms in total. The summed E-state index contributed by atoms with van der Waals surface area (Å²) in [7, 11) is -2.87. The van der Waals surface area contributed by atoms with Crippen LogP contribution in [0.2, 0.25) is 0 Å². The molecule has 0 atom stereocenters. The van der Waals surface area contributed by atoms with E-state index in [1.807, 2.05) is 63.7 Å². The van der Waals surface area contributed by atoms with E-state index in [4.69, 9.17) is 14.4 Å². The van der Waals surface area contributed by atoms with Gasteiger partial charge in [0, 0.05) is 22.2 Å². The van der Waals surface area contributed by atoms with Crippen LogP contribution in [-0.2, 0) is 11.1 Å². The minimum Gasteiger partial charge on any atom is -0.291 e. The summed E-state index contributed by atoms with van der Waals surface area (Å²) >= 11 is 0. The molecule has 0 bridgehead atoms. The normalized spacial score (nSPS) is 11.1. The quantitative estimate of drug-likeness (QED) is 0.131. The third-order valence-electron chi connectivity index (χ3n) is 7.63. The van der Waals surface area contributed by atoms with Crippen molar-refractivity contribution in [3.63, 3.8) is 0 Å². The van der Waals surface area contributed by atoms with E-state index in [1.165, 1.54) is 19.3 Å². The van der Waals surface area contributed by atoms with Gasteiger partial charge in [-0.15, -0.1) is 9.79 Å². The molecular weight excluding hydrogens is 531 g/mol. The van der Waals surface area contributed by atoms with Crippen LogP contribution < -0.4 is 5.69 Å². The first-order chi connectivity index (χ1) is 19.7. The van der Waals surface area contributed by atoms with Crippen molar-refractivity contribution in [3.05, 3.63) is 101 Å². The molecular formula is C34H44N2O4P+. The van der Waals surface area contributed by atoms with E-state index < -0.39 is 8.25 Å². The van der Waals surface area contributed by atoms with Crippen molar-refractivity contribution in [2.45, 2.75) is 66.3 Å². The van der Waals surface area contributed by atoms with Crippen molar-refractivity contribution >= 4 is 8.25 Å². The highest BCUT2D eigenvalue weighted by molar-refractivity contribution is 7.30. The fourth-order valence-electron chi connectivity index (χ4n) is 5.76. The van der Waals surface area contributed by atoms with Crippen molar-refractivity contribution in [1.29, 1.82) is 0 Å². The van der Waals surface area contributed by atoms with Gasteiger partial charge in [-0.3, -0.25) is 9.13 Å². The molecule has 4 aromatic rings. The number of benzene rings is 3. The predicted molar refractivity (Wildman–Crippen MR) is 169 cm³/mol. The molecule has 0 saturated carbocycles. The van der Waals surface area contributed by atoms with Gasteiger partial charge in [0.2, 0.25) is 0 Å². The van der Waals surface area contributed by atoms with Gasteiger partial charge in [0.15, 0.2) is 0 Å². The molecule has 3 aromatic carbocycles. The maximum atomic E-state index is 14.0. The largest absolute Gasteiger partial charge is 0.692 e. The lowest BCUT2D eigenvalue weighted by molar-refractivity contribution is 0.261. The summed E-state index contributed by atoms with van der Waals surface area (Å²) in [6, 6.07) is 30.7. The molecule has 0 spiro atoms. The number of hydrogen-bond acceptors (Lipinski definition) is 2. The molecule has 0 fully saturated rings. The monoisotopic (exact) mass is 575 g/mol. The first-order valence-electron chi connectivity index (χ1n) is 14.6. The molecule has 0 amide bonds. The second-order valence-electron chi connectivity index (χ2n) is 11.1. The Kier molecular flexibility index (Phi) is 12.7. The van der Waals surface area contributed by atoms with Crippen LogP contribution in [0, 0.1) is 17.8 Å². The molecule has 7 heteroatoms. The van der Waals surface area contributed by atoms with Gasteiger partial charge in [0.25, 0.3) is 0 Å². The lowest BCUT2D eigenvalue weighted by Gasteiger charge is -2.24. The molecule has 0 saturated heterocycles. The van der Waals surface area contributed by atoms with Gasteiger partial charge >= 0.3 is 13.9 Å². The average molecular weight is 576 g/mol. The summed E-state index contributed by atoms with van der Waals surface area (Å²) in [5, 5.41) is 0. The highest BCUT2D eigenvalue weighted by Gasteiger charge is 2.23. The zero-order valence-electron chi connectivity index (χ0n) is 24.7. The van der Waals surface area contributed by atoms with E-state index in [2.05, 4.69) is 64.1 Å². The van der Waals surface area contributed by atoms with Gasteiger partial charge < -0.3 is 0 Å². The summed E-state index contributed by atoms with van der Waals surface area (Å²) in [5.41, 5.74) is 5.01. The standard InChI is InChI=1S/C34H42N2O.HO3P/c1-26(2)31(27(3)4)24-16-5-6-17-25-35-32(28-18-10-7-11-19-28)33(29-20-12-8-13-21-29)36(34(35)37)30-22-14-9-15-23-30;1-4(2)3/h7-15,18-23,26-27,31H,5-6,16-17,24-25H2,1-4H3;(H-,1,2,3)/p+1. The molecule has 0 unspecified atom stereocenters. The topological polar surface area (TPSA) is 84.5 Å². The molecule has 0 aliphatic carbocycles. The van der Waals surface area contributed by atoms with Crippen molar-refractivity contribution in [3.8, 4) is 28.2 Å². The molecule has 218 valence electrons. The molecule has 0 aliphatic rings. The average Bonchev–Trinajstić information content (AvgIpc) is 3.25. The Hall–Kier alpha value is -3.31. The van der Waals surface area contributed by atoms with Crippen LogP contribution in [-0.4, -0.2) is 18.9 Å². The van der Waals surface area contributed by atoms with Crippen LogP contribution in [0.1, 0.15) is 59.8 Å². The molecule has 4 rings (SSSR count). The zero-order valence-corrected chi connectivity index (χ0v) is 25.6. The maximum absolute atomic E-state index is 14.0. The minimum absolute atomic E-state index is 0.0311. The number of rotatable bonds is 12. The zero-order chi connectivity index (χ0) is 29.8. The minimum atomic E-state index is -2.87. The fraction of sp³-hybridized carbons (Fsp3) is 0.382. The first-order valence-corrected chi connectivity index (χ1v) is 15.8. The Morgan fingerprint density at radius 1 is 0.659 bits per heavy atom. The van der Waals surface area contributed by atoms with Crippen molar-refractivity contribution in [2.24, 2.45) is 17.8 Å². The number of unbranched alkanes of at least 4 members (excludes halogenated alkanes) is 3. The van der Waals surface area contributed by atoms with E-state index in [9.17, 15) is 4.79 Å². The Morgan fingerprint density at radius 2 is 1.10 bits per heavy atom. The van der Waals surface area contributed by atoms with Gasteiger partial charge in [-0.25, -0.2) is 4.79 Å². The number of hydrogen-bond donors (Lipinski definition) is 2. The highest BCUT2D eigenvalue weighted by Crippen LogP contribution is 2.34. The summed E-state index contributed by atoms with van der Waals surface area (Å²) < 4.78 is 12.6. The Bertz CT molecular complexity index is 1390. The second kappa shape index (κ2) is 16.2. The van der Waals surface area contributed by atoms with Crippen LogP contribution in [0.3, 0.4) is 0 Å². The number of para-hydroxylation sites is 1. The fourth-order valence-corrected chi connectivity index (χ4v) is 5.76. The van der Waals surface area contributed by atoms with Crippen LogP contribution in [0.4, 0.5) is 0 Å². The molecule has 0 radical (unpaired) electrons. The molecule has 1 heterocycles. The SMILES string of the molecule is CC(C)C(CCCCCCn1c(-c2ccccc2)c(-c2ccccc2)n(-c2ccccc2)c1=O)C(C)C.O=[P+](O)O. The number of nitrogens with zero attached hydrogens (tertiary/aromatic N) is 2. The van der Waals surface area contributed by atoms with Gasteiger partial charge in [-0.2, -0.15) is 0 Å². The summed E-state index contributed by atoms with van der Waals surface area (Å²) in [4.78, 5) is 28.3. The number of imidazole rings is 1. The van der Waals surface area contributed by atoms with Crippen LogP contribution >= 0.6 is 8.25 Å². The van der Waals surface area contributed by atoms with E-state index in [0.29, 0.717) is 0 Å². The third kappa shape index (κ3) is 9.09. The summed E-state index contributed by atoms with van der Waals surface area (Å²) in [6.07, 6.45) is 5.92. The van der Waals surface area contributed by atoms with Crippen LogP contribution in [0.5, 0.6) is 0 Å². The van der Waals surface area contributed by atoms with Crippen molar-refractivity contribution in [1.82, 2.24) is 9.13 Å². The van der Waals surface area contributed by atoms with Crippen molar-refractivity contribution in [2.75, 3.05) is 0 Å². The lowest BCUT2D eigenvalue weighted by Crippen LogP contribution is -2.24. The van der Waals surface area contributed by atoms with Gasteiger partial charge in [-0.1, -0.05) is 126 Å². The third-order valence-corrected chi connectivity index (χ3v) is 7.63. The molecule has 41 heavy (non-hydrogen) atoms. The first kappa shape index (κ1) is 32.2. The second-order valence-corrected chi connectivity index (χ2v) is 11.6. The van der Waals surface area contributed by atoms with E-state index in [1.54, 1.807) is 0 Å². The summed E-state index contributed by atoms with van der Waals surface area (Å²) in [5.74, 6) is 2.27. The summed E-state index contributed by atoms with van der Waals surface area (Å²) in [6.45, 7) is 10.1.